The van der Waals surface area contributed by atoms with Gasteiger partial charge in [-0.05, 0) is 43.0 Å². The second-order valence-corrected chi connectivity index (χ2v) is 4.88. The number of rotatable bonds is 3. The van der Waals surface area contributed by atoms with E-state index in [0.717, 1.165) is 41.4 Å². The Morgan fingerprint density at radius 1 is 1.39 bits per heavy atom. The van der Waals surface area contributed by atoms with Gasteiger partial charge in [0.05, 0.1) is 11.1 Å². The van der Waals surface area contributed by atoms with Crippen LogP contribution >= 0.6 is 0 Å². The zero-order valence-corrected chi connectivity index (χ0v) is 10.3. The highest BCUT2D eigenvalue weighted by Gasteiger charge is 2.26. The lowest BCUT2D eigenvalue weighted by Crippen LogP contribution is -2.02. The maximum Gasteiger partial charge on any atom is 0.336 e. The first kappa shape index (κ1) is 11.2. The zero-order valence-electron chi connectivity index (χ0n) is 10.3. The summed E-state index contributed by atoms with van der Waals surface area (Å²) < 4.78 is 0. The maximum atomic E-state index is 11.4. The quantitative estimate of drug-likeness (QED) is 0.896. The average Bonchev–Trinajstić information content (AvgIpc) is 3.20. The van der Waals surface area contributed by atoms with Crippen molar-refractivity contribution in [2.24, 2.45) is 0 Å². The predicted molar refractivity (Wildman–Crippen MR) is 70.1 cm³/mol. The molecule has 2 aromatic rings. The molecule has 3 rings (SSSR count). The summed E-state index contributed by atoms with van der Waals surface area (Å²) in [6.07, 6.45) is 3.16. The second kappa shape index (κ2) is 4.09. The third-order valence-electron chi connectivity index (χ3n) is 3.53. The molecule has 1 aliphatic carbocycles. The van der Waals surface area contributed by atoms with Crippen LogP contribution in [-0.2, 0) is 6.42 Å². The molecule has 1 heterocycles. The van der Waals surface area contributed by atoms with E-state index in [0.29, 0.717) is 11.5 Å². The minimum Gasteiger partial charge on any atom is -0.478 e. The van der Waals surface area contributed by atoms with E-state index < -0.39 is 5.97 Å². The average molecular weight is 241 g/mol. The Morgan fingerprint density at radius 3 is 2.78 bits per heavy atom. The van der Waals surface area contributed by atoms with E-state index in [1.807, 2.05) is 18.2 Å². The summed E-state index contributed by atoms with van der Waals surface area (Å²) in [5, 5.41) is 10.1. The summed E-state index contributed by atoms with van der Waals surface area (Å²) in [4.78, 5) is 16.0. The molecule has 1 fully saturated rings. The van der Waals surface area contributed by atoms with Gasteiger partial charge in [0.1, 0.15) is 0 Å². The Bertz CT molecular complexity index is 630. The highest BCUT2D eigenvalue weighted by molar-refractivity contribution is 6.02. The lowest BCUT2D eigenvalue weighted by molar-refractivity contribution is 0.0699. The van der Waals surface area contributed by atoms with Crippen molar-refractivity contribution in [3.63, 3.8) is 0 Å². The number of benzene rings is 1. The summed E-state index contributed by atoms with van der Waals surface area (Å²) >= 11 is 0. The van der Waals surface area contributed by atoms with Gasteiger partial charge in [0.25, 0.3) is 0 Å². The number of hydrogen-bond donors (Lipinski definition) is 1. The molecular formula is C15H15NO2. The molecule has 0 radical (unpaired) electrons. The van der Waals surface area contributed by atoms with E-state index in [1.165, 1.54) is 0 Å². The van der Waals surface area contributed by atoms with Crippen molar-refractivity contribution >= 4 is 16.9 Å². The zero-order chi connectivity index (χ0) is 12.7. The first-order valence-corrected chi connectivity index (χ1v) is 6.36. The summed E-state index contributed by atoms with van der Waals surface area (Å²) in [5.41, 5.74) is 3.27. The van der Waals surface area contributed by atoms with Gasteiger partial charge in [0.15, 0.2) is 0 Å². The molecule has 3 nitrogen and oxygen atoms in total. The smallest absolute Gasteiger partial charge is 0.336 e. The molecule has 0 bridgehead atoms. The van der Waals surface area contributed by atoms with Crippen LogP contribution in [0.2, 0.25) is 0 Å². The standard InChI is InChI=1S/C15H15NO2/c1-2-9-3-6-13-11(7-9)12(15(17)18)8-14(16-13)10-4-5-10/h3,6-8,10H,2,4-5H2,1H3,(H,17,18). The van der Waals surface area contributed by atoms with Crippen molar-refractivity contribution < 1.29 is 9.90 Å². The van der Waals surface area contributed by atoms with Crippen molar-refractivity contribution in [2.75, 3.05) is 0 Å². The third-order valence-corrected chi connectivity index (χ3v) is 3.53. The lowest BCUT2D eigenvalue weighted by Gasteiger charge is -2.07. The van der Waals surface area contributed by atoms with Crippen LogP contribution in [0.4, 0.5) is 0 Å². The van der Waals surface area contributed by atoms with E-state index in [-0.39, 0.29) is 0 Å². The molecule has 0 atom stereocenters. The third kappa shape index (κ3) is 1.86. The van der Waals surface area contributed by atoms with Crippen molar-refractivity contribution in [3.8, 4) is 0 Å². The first-order valence-electron chi connectivity index (χ1n) is 6.36. The number of aromatic nitrogens is 1. The fraction of sp³-hybridized carbons (Fsp3) is 0.333. The van der Waals surface area contributed by atoms with Gasteiger partial charge >= 0.3 is 5.97 Å². The number of hydrogen-bond acceptors (Lipinski definition) is 2. The molecular weight excluding hydrogens is 226 g/mol. The topological polar surface area (TPSA) is 50.2 Å². The molecule has 0 saturated heterocycles. The Hall–Kier alpha value is -1.90. The first-order chi connectivity index (χ1) is 8.69. The van der Waals surface area contributed by atoms with Crippen LogP contribution in [0.3, 0.4) is 0 Å². The largest absolute Gasteiger partial charge is 0.478 e. The maximum absolute atomic E-state index is 11.4. The number of carbonyl (C=O) groups is 1. The molecule has 1 aromatic carbocycles. The van der Waals surface area contributed by atoms with E-state index in [2.05, 4.69) is 11.9 Å². The van der Waals surface area contributed by atoms with Gasteiger partial charge in [0.2, 0.25) is 0 Å². The number of pyridine rings is 1. The van der Waals surface area contributed by atoms with E-state index >= 15 is 0 Å². The van der Waals surface area contributed by atoms with Gasteiger partial charge in [-0.2, -0.15) is 0 Å². The molecule has 1 aliphatic rings. The van der Waals surface area contributed by atoms with Crippen molar-refractivity contribution in [2.45, 2.75) is 32.1 Å². The number of aromatic carboxylic acids is 1. The minimum absolute atomic E-state index is 0.386. The SMILES string of the molecule is CCc1ccc2nc(C3CC3)cc(C(=O)O)c2c1. The fourth-order valence-corrected chi connectivity index (χ4v) is 2.28. The lowest BCUT2D eigenvalue weighted by atomic mass is 10.0. The molecule has 3 heteroatoms. The molecule has 0 amide bonds. The summed E-state index contributed by atoms with van der Waals surface area (Å²) in [5.74, 6) is -0.393. The molecule has 18 heavy (non-hydrogen) atoms. The molecule has 0 spiro atoms. The van der Waals surface area contributed by atoms with Crippen LogP contribution in [-0.4, -0.2) is 16.1 Å². The van der Waals surface area contributed by atoms with Crippen LogP contribution in [0.5, 0.6) is 0 Å². The van der Waals surface area contributed by atoms with Gasteiger partial charge < -0.3 is 5.11 Å². The molecule has 1 aromatic heterocycles. The highest BCUT2D eigenvalue weighted by Crippen LogP contribution is 2.40. The molecule has 0 unspecified atom stereocenters. The molecule has 0 aliphatic heterocycles. The number of nitrogens with zero attached hydrogens (tertiary/aromatic N) is 1. The number of aryl methyl sites for hydroxylation is 1. The normalized spacial score (nSPS) is 14.9. The van der Waals surface area contributed by atoms with Gasteiger partial charge in [-0.1, -0.05) is 13.0 Å². The van der Waals surface area contributed by atoms with E-state index in [1.54, 1.807) is 6.07 Å². The van der Waals surface area contributed by atoms with Crippen molar-refractivity contribution in [1.82, 2.24) is 4.98 Å². The number of carboxylic acids is 1. The number of fused-ring (bicyclic) bond motifs is 1. The highest BCUT2D eigenvalue weighted by atomic mass is 16.4. The Labute approximate surface area is 105 Å². The monoisotopic (exact) mass is 241 g/mol. The van der Waals surface area contributed by atoms with Crippen LogP contribution in [0.25, 0.3) is 10.9 Å². The summed E-state index contributed by atoms with van der Waals surface area (Å²) in [7, 11) is 0. The fourth-order valence-electron chi connectivity index (χ4n) is 2.28. The van der Waals surface area contributed by atoms with E-state index in [9.17, 15) is 9.90 Å². The van der Waals surface area contributed by atoms with Crippen LogP contribution < -0.4 is 0 Å². The van der Waals surface area contributed by atoms with Crippen molar-refractivity contribution in [1.29, 1.82) is 0 Å². The van der Waals surface area contributed by atoms with Crippen LogP contribution in [0.1, 0.15) is 47.3 Å². The number of carboxylic acid groups (broad SMARTS) is 1. The summed E-state index contributed by atoms with van der Waals surface area (Å²) in [6, 6.07) is 7.66. The Kier molecular flexibility index (Phi) is 2.54. The molecule has 1 N–H and O–H groups in total. The predicted octanol–water partition coefficient (Wildman–Crippen LogP) is 3.37. The van der Waals surface area contributed by atoms with Gasteiger partial charge in [0, 0.05) is 17.0 Å². The minimum atomic E-state index is -0.863. The van der Waals surface area contributed by atoms with Crippen molar-refractivity contribution in [3.05, 3.63) is 41.1 Å². The van der Waals surface area contributed by atoms with Crippen LogP contribution in [0, 0.1) is 0 Å². The van der Waals surface area contributed by atoms with E-state index in [4.69, 9.17) is 0 Å². The Balaban J connectivity index is 2.26. The second-order valence-electron chi connectivity index (χ2n) is 4.88. The summed E-state index contributed by atoms with van der Waals surface area (Å²) in [6.45, 7) is 2.06. The van der Waals surface area contributed by atoms with Gasteiger partial charge in [-0.25, -0.2) is 4.79 Å². The Morgan fingerprint density at radius 2 is 2.17 bits per heavy atom. The van der Waals surface area contributed by atoms with Gasteiger partial charge in [-0.15, -0.1) is 0 Å². The van der Waals surface area contributed by atoms with Gasteiger partial charge in [-0.3, -0.25) is 4.98 Å². The molecule has 92 valence electrons. The van der Waals surface area contributed by atoms with Crippen LogP contribution in [0.15, 0.2) is 24.3 Å². The molecule has 1 saturated carbocycles.